The van der Waals surface area contributed by atoms with Crippen molar-refractivity contribution in [1.29, 1.82) is 0 Å². The van der Waals surface area contributed by atoms with E-state index in [1.165, 1.54) is 4.90 Å². The van der Waals surface area contributed by atoms with Crippen molar-refractivity contribution < 1.29 is 18.0 Å². The van der Waals surface area contributed by atoms with Gasteiger partial charge in [-0.05, 0) is 68.5 Å². The van der Waals surface area contributed by atoms with E-state index in [1.54, 1.807) is 49.4 Å². The number of carbonyl (C=O) groups is 2. The summed E-state index contributed by atoms with van der Waals surface area (Å²) < 4.78 is 28.8. The van der Waals surface area contributed by atoms with Crippen LogP contribution in [0.4, 0.5) is 5.69 Å². The second kappa shape index (κ2) is 13.4. The Kier molecular flexibility index (Phi) is 10.3. The van der Waals surface area contributed by atoms with Crippen LogP contribution in [0.25, 0.3) is 0 Å². The SMILES string of the molecule is Cc1ccc(S(=O)(=O)N(CC(=O)N(CCc2ccccc2)C(C)C(=O)NCC(C)C)c2cccc(C)c2)cc1. The normalized spacial score (nSPS) is 12.2. The number of rotatable bonds is 12. The lowest BCUT2D eigenvalue weighted by atomic mass is 10.1. The third-order valence-corrected chi connectivity index (χ3v) is 8.30. The highest BCUT2D eigenvalue weighted by atomic mass is 32.2. The molecule has 8 heteroatoms. The van der Waals surface area contributed by atoms with Gasteiger partial charge in [-0.1, -0.05) is 74.0 Å². The van der Waals surface area contributed by atoms with Crippen LogP contribution in [0.3, 0.4) is 0 Å². The van der Waals surface area contributed by atoms with Crippen molar-refractivity contribution in [1.82, 2.24) is 10.2 Å². The summed E-state index contributed by atoms with van der Waals surface area (Å²) in [6.07, 6.45) is 0.531. The minimum absolute atomic E-state index is 0.0981. The highest BCUT2D eigenvalue weighted by Gasteiger charge is 2.32. The van der Waals surface area contributed by atoms with E-state index in [0.717, 1.165) is 21.0 Å². The number of nitrogens with one attached hydrogen (secondary N) is 1. The number of carbonyl (C=O) groups excluding carboxylic acids is 2. The largest absolute Gasteiger partial charge is 0.354 e. The lowest BCUT2D eigenvalue weighted by Gasteiger charge is -2.32. The van der Waals surface area contributed by atoms with E-state index in [4.69, 9.17) is 0 Å². The van der Waals surface area contributed by atoms with Crippen molar-refractivity contribution in [2.75, 3.05) is 23.9 Å². The fraction of sp³-hybridized carbons (Fsp3) is 0.355. The maximum Gasteiger partial charge on any atom is 0.264 e. The molecule has 0 aliphatic carbocycles. The molecular weight excluding hydrogens is 510 g/mol. The minimum atomic E-state index is -4.07. The van der Waals surface area contributed by atoms with Crippen LogP contribution in [0, 0.1) is 19.8 Å². The van der Waals surface area contributed by atoms with Gasteiger partial charge in [0.1, 0.15) is 12.6 Å². The fourth-order valence-electron chi connectivity index (χ4n) is 4.17. The summed E-state index contributed by atoms with van der Waals surface area (Å²) in [5.41, 5.74) is 3.21. The Morgan fingerprint density at radius 3 is 2.13 bits per heavy atom. The molecule has 39 heavy (non-hydrogen) atoms. The van der Waals surface area contributed by atoms with Crippen molar-refractivity contribution in [2.45, 2.75) is 52.0 Å². The summed E-state index contributed by atoms with van der Waals surface area (Å²) in [6, 6.07) is 22.5. The Morgan fingerprint density at radius 1 is 0.846 bits per heavy atom. The van der Waals surface area contributed by atoms with Crippen molar-refractivity contribution in [3.63, 3.8) is 0 Å². The zero-order valence-electron chi connectivity index (χ0n) is 23.4. The maximum atomic E-state index is 13.9. The number of amides is 2. The molecule has 0 fully saturated rings. The smallest absolute Gasteiger partial charge is 0.264 e. The Hall–Kier alpha value is -3.65. The summed E-state index contributed by atoms with van der Waals surface area (Å²) in [5.74, 6) is -0.463. The molecule has 7 nitrogen and oxygen atoms in total. The third kappa shape index (κ3) is 8.17. The van der Waals surface area contributed by atoms with Crippen LogP contribution < -0.4 is 9.62 Å². The van der Waals surface area contributed by atoms with E-state index in [2.05, 4.69) is 5.32 Å². The molecule has 0 aliphatic heterocycles. The number of benzene rings is 3. The molecule has 3 aromatic rings. The van der Waals surface area contributed by atoms with E-state index in [0.29, 0.717) is 18.7 Å². The zero-order valence-corrected chi connectivity index (χ0v) is 24.2. The van der Waals surface area contributed by atoms with Crippen molar-refractivity contribution in [3.05, 3.63) is 95.6 Å². The van der Waals surface area contributed by atoms with Crippen LogP contribution in [0.1, 0.15) is 37.5 Å². The molecule has 3 rings (SSSR count). The number of nitrogens with zero attached hydrogens (tertiary/aromatic N) is 2. The molecule has 0 aromatic heterocycles. The number of hydrogen-bond donors (Lipinski definition) is 1. The molecule has 0 saturated carbocycles. The second-order valence-corrected chi connectivity index (χ2v) is 12.2. The van der Waals surface area contributed by atoms with Gasteiger partial charge >= 0.3 is 0 Å². The van der Waals surface area contributed by atoms with Gasteiger partial charge in [0.25, 0.3) is 10.0 Å². The van der Waals surface area contributed by atoms with Crippen LogP contribution >= 0.6 is 0 Å². The van der Waals surface area contributed by atoms with E-state index in [1.807, 2.05) is 64.1 Å². The van der Waals surface area contributed by atoms with Crippen LogP contribution in [0.2, 0.25) is 0 Å². The summed E-state index contributed by atoms with van der Waals surface area (Å²) in [4.78, 5) is 28.5. The van der Waals surface area contributed by atoms with Gasteiger partial charge in [0.2, 0.25) is 11.8 Å². The van der Waals surface area contributed by atoms with Crippen molar-refractivity contribution >= 4 is 27.5 Å². The highest BCUT2D eigenvalue weighted by molar-refractivity contribution is 7.92. The van der Waals surface area contributed by atoms with Crippen LogP contribution in [0.5, 0.6) is 0 Å². The van der Waals surface area contributed by atoms with Gasteiger partial charge in [-0.15, -0.1) is 0 Å². The Balaban J connectivity index is 1.96. The summed E-state index contributed by atoms with van der Waals surface area (Å²) in [7, 11) is -4.07. The number of sulfonamides is 1. The summed E-state index contributed by atoms with van der Waals surface area (Å²) in [5, 5.41) is 2.90. The summed E-state index contributed by atoms with van der Waals surface area (Å²) >= 11 is 0. The third-order valence-electron chi connectivity index (χ3n) is 6.51. The molecule has 0 heterocycles. The molecule has 0 spiro atoms. The molecule has 1 N–H and O–H groups in total. The van der Waals surface area contributed by atoms with Crippen LogP contribution in [-0.4, -0.2) is 50.8 Å². The van der Waals surface area contributed by atoms with Crippen LogP contribution in [0.15, 0.2) is 83.8 Å². The first-order valence-corrected chi connectivity index (χ1v) is 14.7. The van der Waals surface area contributed by atoms with Crippen LogP contribution in [-0.2, 0) is 26.0 Å². The van der Waals surface area contributed by atoms with Crippen molar-refractivity contribution in [3.8, 4) is 0 Å². The molecule has 2 amide bonds. The predicted molar refractivity (Wildman–Crippen MR) is 156 cm³/mol. The average Bonchev–Trinajstić information content (AvgIpc) is 2.91. The number of hydrogen-bond acceptors (Lipinski definition) is 4. The average molecular weight is 550 g/mol. The maximum absolute atomic E-state index is 13.9. The van der Waals surface area contributed by atoms with E-state index in [9.17, 15) is 18.0 Å². The quantitative estimate of drug-likeness (QED) is 0.354. The lowest BCUT2D eigenvalue weighted by Crippen LogP contribution is -2.52. The van der Waals surface area contributed by atoms with E-state index < -0.39 is 28.5 Å². The monoisotopic (exact) mass is 549 g/mol. The molecule has 3 aromatic carbocycles. The molecule has 208 valence electrons. The first kappa shape index (κ1) is 29.9. The first-order chi connectivity index (χ1) is 18.5. The van der Waals surface area contributed by atoms with Crippen molar-refractivity contribution in [2.24, 2.45) is 5.92 Å². The standard InChI is InChI=1S/C31H39N3O4S/c1-23(2)21-32-31(36)26(5)33(19-18-27-11-7-6-8-12-27)30(35)22-34(28-13-9-10-25(4)20-28)39(37,38)29-16-14-24(3)15-17-29/h6-17,20,23,26H,18-19,21-22H2,1-5H3,(H,32,36). The van der Waals surface area contributed by atoms with Gasteiger partial charge in [-0.25, -0.2) is 8.42 Å². The topological polar surface area (TPSA) is 86.8 Å². The Morgan fingerprint density at radius 2 is 1.51 bits per heavy atom. The van der Waals surface area contributed by atoms with Gasteiger partial charge in [0.15, 0.2) is 0 Å². The van der Waals surface area contributed by atoms with Gasteiger partial charge in [-0.2, -0.15) is 0 Å². The molecule has 0 bridgehead atoms. The van der Waals surface area contributed by atoms with E-state index in [-0.39, 0.29) is 23.3 Å². The predicted octanol–water partition coefficient (Wildman–Crippen LogP) is 4.73. The Bertz CT molecular complexity index is 1360. The molecule has 1 unspecified atom stereocenters. The second-order valence-electron chi connectivity index (χ2n) is 10.3. The molecule has 1 atom stereocenters. The fourth-order valence-corrected chi connectivity index (χ4v) is 5.58. The van der Waals surface area contributed by atoms with Gasteiger partial charge in [-0.3, -0.25) is 13.9 Å². The summed E-state index contributed by atoms with van der Waals surface area (Å²) in [6.45, 7) is 9.76. The highest BCUT2D eigenvalue weighted by Crippen LogP contribution is 2.25. The van der Waals surface area contributed by atoms with Gasteiger partial charge < -0.3 is 10.2 Å². The molecule has 0 aliphatic rings. The lowest BCUT2D eigenvalue weighted by molar-refractivity contribution is -0.138. The molecule has 0 radical (unpaired) electrons. The number of anilines is 1. The molecular formula is C31H39N3O4S. The molecule has 0 saturated heterocycles. The van der Waals surface area contributed by atoms with E-state index >= 15 is 0 Å². The zero-order chi connectivity index (χ0) is 28.6. The Labute approximate surface area is 232 Å². The first-order valence-electron chi connectivity index (χ1n) is 13.3. The van der Waals surface area contributed by atoms with Gasteiger partial charge in [0, 0.05) is 13.1 Å². The number of aryl methyl sites for hydroxylation is 2. The minimum Gasteiger partial charge on any atom is -0.354 e. The van der Waals surface area contributed by atoms with Gasteiger partial charge in [0.05, 0.1) is 10.6 Å².